The second kappa shape index (κ2) is 7.85. The number of nitrogens with zero attached hydrogens (tertiary/aromatic N) is 1. The minimum atomic E-state index is -0.500. The predicted molar refractivity (Wildman–Crippen MR) is 78.2 cm³/mol. The van der Waals surface area contributed by atoms with Crippen molar-refractivity contribution in [3.63, 3.8) is 0 Å². The molecule has 0 aromatic rings. The highest BCUT2D eigenvalue weighted by molar-refractivity contribution is 5.82. The van der Waals surface area contributed by atoms with Gasteiger partial charge in [-0.2, -0.15) is 0 Å². The highest BCUT2D eigenvalue weighted by Crippen LogP contribution is 2.41. The highest BCUT2D eigenvalue weighted by Gasteiger charge is 2.51. The molecule has 4 nitrogen and oxygen atoms in total. The van der Waals surface area contributed by atoms with Gasteiger partial charge < -0.3 is 15.0 Å². The van der Waals surface area contributed by atoms with Crippen molar-refractivity contribution in [1.29, 1.82) is 0 Å². The molecule has 1 rings (SSSR count). The average Bonchev–Trinajstić information content (AvgIpc) is 3.24. The van der Waals surface area contributed by atoms with Crippen molar-refractivity contribution in [2.45, 2.75) is 52.0 Å². The molecule has 4 heteroatoms. The Labute approximate surface area is 117 Å². The fourth-order valence-electron chi connectivity index (χ4n) is 2.66. The highest BCUT2D eigenvalue weighted by atomic mass is 16.5. The van der Waals surface area contributed by atoms with Crippen molar-refractivity contribution in [1.82, 2.24) is 10.2 Å². The zero-order chi connectivity index (χ0) is 14.3. The van der Waals surface area contributed by atoms with Crippen LogP contribution in [0.5, 0.6) is 0 Å². The Morgan fingerprint density at radius 2 is 2.05 bits per heavy atom. The van der Waals surface area contributed by atoms with Crippen LogP contribution in [0.1, 0.15) is 46.5 Å². The van der Waals surface area contributed by atoms with Gasteiger partial charge in [0.15, 0.2) is 0 Å². The van der Waals surface area contributed by atoms with Crippen LogP contribution in [0.3, 0.4) is 0 Å². The second-order valence-corrected chi connectivity index (χ2v) is 5.44. The van der Waals surface area contributed by atoms with Gasteiger partial charge in [-0.15, -0.1) is 0 Å². The predicted octanol–water partition coefficient (Wildman–Crippen LogP) is 2.04. The van der Waals surface area contributed by atoms with Crippen molar-refractivity contribution in [2.24, 2.45) is 5.92 Å². The van der Waals surface area contributed by atoms with E-state index < -0.39 is 5.54 Å². The van der Waals surface area contributed by atoms with Crippen LogP contribution in [0, 0.1) is 5.92 Å². The number of esters is 1. The maximum absolute atomic E-state index is 12.4. The van der Waals surface area contributed by atoms with E-state index in [0.29, 0.717) is 12.5 Å². The van der Waals surface area contributed by atoms with Crippen molar-refractivity contribution >= 4 is 5.97 Å². The second-order valence-electron chi connectivity index (χ2n) is 5.44. The first-order valence-corrected chi connectivity index (χ1v) is 7.73. The summed E-state index contributed by atoms with van der Waals surface area (Å²) in [6.07, 6.45) is 4.63. The van der Waals surface area contributed by atoms with E-state index in [-0.39, 0.29) is 5.97 Å². The summed E-state index contributed by atoms with van der Waals surface area (Å²) in [5.41, 5.74) is -0.500. The van der Waals surface area contributed by atoms with Crippen molar-refractivity contribution in [2.75, 3.05) is 33.3 Å². The number of ether oxygens (including phenoxy) is 1. The van der Waals surface area contributed by atoms with Crippen LogP contribution >= 0.6 is 0 Å². The Kier molecular flexibility index (Phi) is 6.80. The number of hydrogen-bond acceptors (Lipinski definition) is 4. The van der Waals surface area contributed by atoms with Gasteiger partial charge in [-0.3, -0.25) is 0 Å². The van der Waals surface area contributed by atoms with E-state index in [2.05, 4.69) is 24.1 Å². The van der Waals surface area contributed by atoms with Gasteiger partial charge in [-0.05, 0) is 52.2 Å². The average molecular weight is 270 g/mol. The van der Waals surface area contributed by atoms with E-state index in [1.165, 1.54) is 12.8 Å². The SMILES string of the molecule is CCCCN(CC)CC(NC)(C(=O)OCC)C1CC1. The van der Waals surface area contributed by atoms with Gasteiger partial charge in [0.05, 0.1) is 6.61 Å². The summed E-state index contributed by atoms with van der Waals surface area (Å²) < 4.78 is 5.32. The molecule has 1 aliphatic carbocycles. The number of nitrogens with one attached hydrogen (secondary N) is 1. The van der Waals surface area contributed by atoms with E-state index in [1.807, 2.05) is 14.0 Å². The lowest BCUT2D eigenvalue weighted by Crippen LogP contribution is -2.60. The zero-order valence-corrected chi connectivity index (χ0v) is 13.0. The van der Waals surface area contributed by atoms with Gasteiger partial charge >= 0.3 is 5.97 Å². The van der Waals surface area contributed by atoms with Gasteiger partial charge in [-0.1, -0.05) is 20.3 Å². The standard InChI is InChI=1S/C15H30N2O2/c1-5-8-11-17(6-2)12-15(16-4,13-9-10-13)14(18)19-7-3/h13,16H,5-12H2,1-4H3. The zero-order valence-electron chi connectivity index (χ0n) is 13.0. The molecule has 1 atom stereocenters. The number of carbonyl (C=O) groups is 1. The Morgan fingerprint density at radius 3 is 2.47 bits per heavy atom. The number of carbonyl (C=O) groups excluding carboxylic acids is 1. The molecule has 1 saturated carbocycles. The van der Waals surface area contributed by atoms with E-state index in [9.17, 15) is 4.79 Å². The number of likely N-dealkylation sites (N-methyl/N-ethyl adjacent to an activating group) is 2. The molecule has 1 N–H and O–H groups in total. The Bertz CT molecular complexity index is 279. The third kappa shape index (κ3) is 4.18. The molecule has 0 heterocycles. The first kappa shape index (κ1) is 16.4. The van der Waals surface area contributed by atoms with Gasteiger partial charge in [-0.25, -0.2) is 4.79 Å². The van der Waals surface area contributed by atoms with Gasteiger partial charge in [0, 0.05) is 6.54 Å². The van der Waals surface area contributed by atoms with Crippen LogP contribution in [0.25, 0.3) is 0 Å². The first-order valence-electron chi connectivity index (χ1n) is 7.73. The van der Waals surface area contributed by atoms with Gasteiger partial charge in [0.2, 0.25) is 0 Å². The van der Waals surface area contributed by atoms with Gasteiger partial charge in [0.25, 0.3) is 0 Å². The van der Waals surface area contributed by atoms with Crippen LogP contribution in [0.15, 0.2) is 0 Å². The lowest BCUT2D eigenvalue weighted by Gasteiger charge is -2.36. The summed E-state index contributed by atoms with van der Waals surface area (Å²) in [6.45, 7) is 9.50. The fraction of sp³-hybridized carbons (Fsp3) is 0.933. The molecular weight excluding hydrogens is 240 g/mol. The third-order valence-electron chi connectivity index (χ3n) is 4.11. The van der Waals surface area contributed by atoms with E-state index in [4.69, 9.17) is 4.74 Å². The molecule has 0 aliphatic heterocycles. The summed E-state index contributed by atoms with van der Waals surface area (Å²) >= 11 is 0. The van der Waals surface area contributed by atoms with E-state index >= 15 is 0 Å². The molecule has 0 aromatic carbocycles. The van der Waals surface area contributed by atoms with Crippen molar-refractivity contribution in [3.05, 3.63) is 0 Å². The van der Waals surface area contributed by atoms with Crippen LogP contribution < -0.4 is 5.32 Å². The molecule has 0 aromatic heterocycles. The molecule has 1 fully saturated rings. The molecule has 1 unspecified atom stereocenters. The molecule has 0 bridgehead atoms. The summed E-state index contributed by atoms with van der Waals surface area (Å²) in [5, 5.41) is 3.29. The summed E-state index contributed by atoms with van der Waals surface area (Å²) in [5.74, 6) is 0.363. The molecule has 1 aliphatic rings. The molecule has 19 heavy (non-hydrogen) atoms. The largest absolute Gasteiger partial charge is 0.465 e. The van der Waals surface area contributed by atoms with Crippen LogP contribution in [0.4, 0.5) is 0 Å². The summed E-state index contributed by atoms with van der Waals surface area (Å²) in [6, 6.07) is 0. The smallest absolute Gasteiger partial charge is 0.327 e. The summed E-state index contributed by atoms with van der Waals surface area (Å²) in [7, 11) is 1.89. The van der Waals surface area contributed by atoms with Gasteiger partial charge in [0.1, 0.15) is 5.54 Å². The minimum absolute atomic E-state index is 0.0741. The first-order chi connectivity index (χ1) is 9.14. The lowest BCUT2D eigenvalue weighted by molar-refractivity contribution is -0.153. The van der Waals surface area contributed by atoms with Crippen LogP contribution in [-0.4, -0.2) is 49.7 Å². The normalized spacial score (nSPS) is 18.4. The topological polar surface area (TPSA) is 41.6 Å². The molecule has 0 spiro atoms. The maximum atomic E-state index is 12.4. The van der Waals surface area contributed by atoms with Crippen LogP contribution in [0.2, 0.25) is 0 Å². The Hall–Kier alpha value is -0.610. The third-order valence-corrected chi connectivity index (χ3v) is 4.11. The van der Waals surface area contributed by atoms with E-state index in [0.717, 1.165) is 32.5 Å². The number of rotatable bonds is 10. The maximum Gasteiger partial charge on any atom is 0.327 e. The molecule has 0 saturated heterocycles. The Morgan fingerprint density at radius 1 is 1.37 bits per heavy atom. The number of unbranched alkanes of at least 4 members (excludes halogenated alkanes) is 1. The van der Waals surface area contributed by atoms with Crippen molar-refractivity contribution in [3.8, 4) is 0 Å². The molecule has 112 valence electrons. The summed E-state index contributed by atoms with van der Waals surface area (Å²) in [4.78, 5) is 14.8. The monoisotopic (exact) mass is 270 g/mol. The van der Waals surface area contributed by atoms with E-state index in [1.54, 1.807) is 0 Å². The fourth-order valence-corrected chi connectivity index (χ4v) is 2.66. The number of hydrogen-bond donors (Lipinski definition) is 1. The molecule has 0 radical (unpaired) electrons. The quantitative estimate of drug-likeness (QED) is 0.617. The van der Waals surface area contributed by atoms with Crippen molar-refractivity contribution < 1.29 is 9.53 Å². The lowest BCUT2D eigenvalue weighted by atomic mass is 9.92. The van der Waals surface area contributed by atoms with Crippen LogP contribution in [-0.2, 0) is 9.53 Å². The minimum Gasteiger partial charge on any atom is -0.465 e. The Balaban J connectivity index is 2.74. The molecule has 0 amide bonds. The molecular formula is C15H30N2O2.